The third-order valence-corrected chi connectivity index (χ3v) is 6.17. The fraction of sp³-hybridized carbons (Fsp3) is 0.480. The van der Waals surface area contributed by atoms with Crippen molar-refractivity contribution in [2.75, 3.05) is 38.2 Å². The van der Waals surface area contributed by atoms with Gasteiger partial charge in [0.25, 0.3) is 0 Å². The predicted molar refractivity (Wildman–Crippen MR) is 129 cm³/mol. The van der Waals surface area contributed by atoms with Crippen LogP contribution in [0, 0.1) is 6.92 Å². The number of fused-ring (bicyclic) bond motifs is 1. The van der Waals surface area contributed by atoms with Gasteiger partial charge in [0.2, 0.25) is 0 Å². The van der Waals surface area contributed by atoms with E-state index in [-0.39, 0.29) is 18.3 Å². The molecular formula is C25H36N4O3. The minimum atomic E-state index is -0.207. The van der Waals surface area contributed by atoms with E-state index < -0.39 is 0 Å². The van der Waals surface area contributed by atoms with Crippen LogP contribution in [0.4, 0.5) is 11.4 Å². The molecule has 2 aromatic carbocycles. The van der Waals surface area contributed by atoms with Crippen molar-refractivity contribution in [1.82, 2.24) is 10.4 Å². The van der Waals surface area contributed by atoms with Crippen LogP contribution in [-0.2, 0) is 16.1 Å². The lowest BCUT2D eigenvalue weighted by Gasteiger charge is -2.24. The molecule has 0 aromatic heterocycles. The van der Waals surface area contributed by atoms with E-state index in [2.05, 4.69) is 67.9 Å². The van der Waals surface area contributed by atoms with Crippen LogP contribution >= 0.6 is 0 Å². The first kappa shape index (κ1) is 23.9. The van der Waals surface area contributed by atoms with Crippen LogP contribution in [0.5, 0.6) is 5.75 Å². The van der Waals surface area contributed by atoms with Gasteiger partial charge in [0.15, 0.2) is 0 Å². The van der Waals surface area contributed by atoms with Gasteiger partial charge in [-0.3, -0.25) is 14.7 Å². The molecule has 3 rings (SSSR count). The van der Waals surface area contributed by atoms with Gasteiger partial charge in [0.1, 0.15) is 11.4 Å². The highest BCUT2D eigenvalue weighted by Crippen LogP contribution is 2.42. The Bertz CT molecular complexity index is 960. The Labute approximate surface area is 191 Å². The molecule has 2 aromatic rings. The maximum absolute atomic E-state index is 12.6. The van der Waals surface area contributed by atoms with Gasteiger partial charge in [-0.1, -0.05) is 18.2 Å². The Morgan fingerprint density at radius 2 is 1.94 bits per heavy atom. The van der Waals surface area contributed by atoms with Gasteiger partial charge in [-0.25, -0.2) is 0 Å². The van der Waals surface area contributed by atoms with Crippen LogP contribution in [0.3, 0.4) is 0 Å². The van der Waals surface area contributed by atoms with E-state index in [1.807, 2.05) is 25.0 Å². The number of esters is 1. The van der Waals surface area contributed by atoms with Gasteiger partial charge in [0, 0.05) is 25.6 Å². The monoisotopic (exact) mass is 440 g/mol. The topological polar surface area (TPSA) is 66.1 Å². The largest absolute Gasteiger partial charge is 0.494 e. The number of ether oxygens (including phenoxy) is 2. The molecule has 0 radical (unpaired) electrons. The normalized spacial score (nSPS) is 13.8. The summed E-state index contributed by atoms with van der Waals surface area (Å²) in [5, 5.41) is 1.88. The number of carbonyl (C=O) groups is 1. The van der Waals surface area contributed by atoms with Crippen LogP contribution in [0.25, 0.3) is 0 Å². The molecule has 0 bridgehead atoms. The molecule has 1 aliphatic rings. The van der Waals surface area contributed by atoms with Crippen molar-refractivity contribution in [1.29, 1.82) is 0 Å². The molecule has 32 heavy (non-hydrogen) atoms. The van der Waals surface area contributed by atoms with Crippen LogP contribution < -0.4 is 20.7 Å². The zero-order valence-electron chi connectivity index (χ0n) is 20.3. The lowest BCUT2D eigenvalue weighted by Crippen LogP contribution is -2.31. The average Bonchev–Trinajstić information content (AvgIpc) is 3.14. The summed E-state index contributed by atoms with van der Waals surface area (Å²) in [6.45, 7) is 9.58. The van der Waals surface area contributed by atoms with Crippen molar-refractivity contribution in [3.05, 3.63) is 52.6 Å². The fourth-order valence-corrected chi connectivity index (χ4v) is 3.97. The molecule has 2 N–H and O–H groups in total. The molecular weight excluding hydrogens is 404 g/mol. The van der Waals surface area contributed by atoms with Crippen LogP contribution in [0.1, 0.15) is 55.4 Å². The molecule has 0 spiro atoms. The summed E-state index contributed by atoms with van der Waals surface area (Å²) >= 11 is 0. The highest BCUT2D eigenvalue weighted by Gasteiger charge is 2.26. The summed E-state index contributed by atoms with van der Waals surface area (Å²) in [5.41, 5.74) is 12.7. The summed E-state index contributed by atoms with van der Waals surface area (Å²) < 4.78 is 11.0. The Morgan fingerprint density at radius 1 is 1.19 bits per heavy atom. The van der Waals surface area contributed by atoms with Gasteiger partial charge in [-0.05, 0) is 69.1 Å². The molecule has 0 amide bonds. The summed E-state index contributed by atoms with van der Waals surface area (Å²) in [6, 6.07) is 11.1. The van der Waals surface area contributed by atoms with Crippen LogP contribution in [-0.4, -0.2) is 44.7 Å². The van der Waals surface area contributed by atoms with Gasteiger partial charge in [-0.15, -0.1) is 5.53 Å². The first-order valence-corrected chi connectivity index (χ1v) is 11.2. The Balaban J connectivity index is 2.05. The SMILES string of the molecule is CCOC(=O)CC(c1ccc(C)c(CN(C)C(C)C)c1)c1cc2c(c(OC)c1)N(C)NN2. The predicted octanol–water partition coefficient (Wildman–Crippen LogP) is 4.21. The highest BCUT2D eigenvalue weighted by molar-refractivity contribution is 5.81. The van der Waals surface area contributed by atoms with Crippen molar-refractivity contribution in [3.63, 3.8) is 0 Å². The number of hydrogen-bond acceptors (Lipinski definition) is 7. The summed E-state index contributed by atoms with van der Waals surface area (Å²) in [4.78, 5) is 14.9. The van der Waals surface area contributed by atoms with E-state index in [0.29, 0.717) is 12.6 Å². The van der Waals surface area contributed by atoms with Crippen molar-refractivity contribution < 1.29 is 14.3 Å². The lowest BCUT2D eigenvalue weighted by atomic mass is 9.86. The van der Waals surface area contributed by atoms with Crippen LogP contribution in [0.15, 0.2) is 30.3 Å². The Hall–Kier alpha value is -2.77. The molecule has 0 fully saturated rings. The third-order valence-electron chi connectivity index (χ3n) is 6.17. The molecule has 7 nitrogen and oxygen atoms in total. The Kier molecular flexibility index (Phi) is 7.64. The second-order valence-corrected chi connectivity index (χ2v) is 8.67. The third kappa shape index (κ3) is 5.16. The van der Waals surface area contributed by atoms with Crippen molar-refractivity contribution in [3.8, 4) is 5.75 Å². The zero-order chi connectivity index (χ0) is 23.4. The maximum atomic E-state index is 12.6. The second-order valence-electron chi connectivity index (χ2n) is 8.67. The van der Waals surface area contributed by atoms with E-state index in [4.69, 9.17) is 9.47 Å². The molecule has 1 atom stereocenters. The van der Waals surface area contributed by atoms with Gasteiger partial charge in [0.05, 0.1) is 25.8 Å². The molecule has 0 saturated heterocycles. The van der Waals surface area contributed by atoms with E-state index in [1.54, 1.807) is 7.11 Å². The van der Waals surface area contributed by atoms with Gasteiger partial charge >= 0.3 is 5.97 Å². The van der Waals surface area contributed by atoms with Crippen molar-refractivity contribution >= 4 is 17.3 Å². The van der Waals surface area contributed by atoms with E-state index in [1.165, 1.54) is 11.1 Å². The van der Waals surface area contributed by atoms with Crippen molar-refractivity contribution in [2.45, 2.75) is 52.6 Å². The molecule has 1 unspecified atom stereocenters. The fourth-order valence-electron chi connectivity index (χ4n) is 3.97. The average molecular weight is 441 g/mol. The number of anilines is 2. The smallest absolute Gasteiger partial charge is 0.306 e. The number of hydrazine groups is 2. The highest BCUT2D eigenvalue weighted by atomic mass is 16.5. The number of benzene rings is 2. The number of nitrogens with zero attached hydrogens (tertiary/aromatic N) is 2. The Morgan fingerprint density at radius 3 is 2.59 bits per heavy atom. The number of nitrogens with one attached hydrogen (secondary N) is 2. The molecule has 1 heterocycles. The summed E-state index contributed by atoms with van der Waals surface area (Å²) in [7, 11) is 5.72. The van der Waals surface area contributed by atoms with Gasteiger partial charge < -0.3 is 14.9 Å². The number of rotatable bonds is 9. The quantitative estimate of drug-likeness (QED) is 0.566. The second kappa shape index (κ2) is 10.2. The standard InChI is InChI=1S/C25H36N4O3/c1-8-32-24(30)14-21(18-10-9-17(4)20(11-18)15-28(5)16(2)3)19-12-22-25(23(13-19)31-7)29(6)27-26-22/h9-13,16,21,26-27H,8,14-15H2,1-7H3. The number of carbonyl (C=O) groups excluding carboxylic acids is 1. The lowest BCUT2D eigenvalue weighted by molar-refractivity contribution is -0.143. The van der Waals surface area contributed by atoms with E-state index in [0.717, 1.165) is 34.8 Å². The molecule has 0 saturated carbocycles. The number of methoxy groups -OCH3 is 1. The van der Waals surface area contributed by atoms with Crippen molar-refractivity contribution in [2.24, 2.45) is 0 Å². The molecule has 7 heteroatoms. The maximum Gasteiger partial charge on any atom is 0.306 e. The molecule has 174 valence electrons. The zero-order valence-corrected chi connectivity index (χ0v) is 20.3. The van der Waals surface area contributed by atoms with E-state index >= 15 is 0 Å². The number of aryl methyl sites for hydroxylation is 1. The summed E-state index contributed by atoms with van der Waals surface area (Å²) in [6.07, 6.45) is 0.265. The molecule has 1 aliphatic heterocycles. The van der Waals surface area contributed by atoms with Crippen LogP contribution in [0.2, 0.25) is 0 Å². The first-order valence-electron chi connectivity index (χ1n) is 11.2. The minimum absolute atomic E-state index is 0.148. The van der Waals surface area contributed by atoms with Gasteiger partial charge in [-0.2, -0.15) is 0 Å². The summed E-state index contributed by atoms with van der Waals surface area (Å²) in [5.74, 6) is 0.393. The number of hydrogen-bond donors (Lipinski definition) is 2. The molecule has 0 aliphatic carbocycles. The van der Waals surface area contributed by atoms with E-state index in [9.17, 15) is 4.79 Å². The first-order chi connectivity index (χ1) is 15.2. The minimum Gasteiger partial charge on any atom is -0.494 e.